The molecule has 0 fully saturated rings. The molecule has 1 aromatic carbocycles. The molecule has 0 saturated carbocycles. The zero-order valence-electron chi connectivity index (χ0n) is 8.02. The SMILES string of the molecule is CCCCC(=O)c1cc(F)ccc1Cl. The second-order valence-electron chi connectivity index (χ2n) is 3.15. The zero-order valence-corrected chi connectivity index (χ0v) is 8.77. The van der Waals surface area contributed by atoms with Gasteiger partial charge in [0.1, 0.15) is 5.82 Å². The molecule has 76 valence electrons. The monoisotopic (exact) mass is 214 g/mol. The van der Waals surface area contributed by atoms with Crippen molar-refractivity contribution in [2.24, 2.45) is 0 Å². The molecule has 3 heteroatoms. The molecule has 0 spiro atoms. The highest BCUT2D eigenvalue weighted by atomic mass is 35.5. The molecule has 0 unspecified atom stereocenters. The van der Waals surface area contributed by atoms with Crippen molar-refractivity contribution in [2.75, 3.05) is 0 Å². The Morgan fingerprint density at radius 2 is 2.21 bits per heavy atom. The Morgan fingerprint density at radius 1 is 1.50 bits per heavy atom. The second kappa shape index (κ2) is 5.11. The fourth-order valence-electron chi connectivity index (χ4n) is 1.18. The van der Waals surface area contributed by atoms with Crippen LogP contribution in [0.3, 0.4) is 0 Å². The summed E-state index contributed by atoms with van der Waals surface area (Å²) in [4.78, 5) is 11.5. The molecule has 0 N–H and O–H groups in total. The van der Waals surface area contributed by atoms with E-state index in [1.165, 1.54) is 18.2 Å². The van der Waals surface area contributed by atoms with Crippen LogP contribution >= 0.6 is 11.6 Å². The van der Waals surface area contributed by atoms with Gasteiger partial charge in [-0.15, -0.1) is 0 Å². The number of benzene rings is 1. The summed E-state index contributed by atoms with van der Waals surface area (Å²) in [5.74, 6) is -0.509. The molecule has 1 rings (SSSR count). The van der Waals surface area contributed by atoms with E-state index in [0.29, 0.717) is 17.0 Å². The van der Waals surface area contributed by atoms with Crippen LogP contribution in [0.4, 0.5) is 4.39 Å². The topological polar surface area (TPSA) is 17.1 Å². The van der Waals surface area contributed by atoms with Crippen molar-refractivity contribution in [1.82, 2.24) is 0 Å². The number of ketones is 1. The van der Waals surface area contributed by atoms with Crippen LogP contribution in [0.1, 0.15) is 36.5 Å². The van der Waals surface area contributed by atoms with Crippen LogP contribution in [0, 0.1) is 5.82 Å². The van der Waals surface area contributed by atoms with E-state index in [2.05, 4.69) is 0 Å². The maximum atomic E-state index is 12.8. The van der Waals surface area contributed by atoms with Crippen molar-refractivity contribution in [3.63, 3.8) is 0 Å². The van der Waals surface area contributed by atoms with Gasteiger partial charge < -0.3 is 0 Å². The number of carbonyl (C=O) groups is 1. The van der Waals surface area contributed by atoms with E-state index >= 15 is 0 Å². The molecular formula is C11H12ClFO. The molecule has 1 aromatic rings. The van der Waals surface area contributed by atoms with Crippen LogP contribution in [0.25, 0.3) is 0 Å². The fraction of sp³-hybridized carbons (Fsp3) is 0.364. The van der Waals surface area contributed by atoms with Crippen molar-refractivity contribution in [3.05, 3.63) is 34.6 Å². The number of carbonyl (C=O) groups excluding carboxylic acids is 1. The fourth-order valence-corrected chi connectivity index (χ4v) is 1.41. The largest absolute Gasteiger partial charge is 0.294 e. The van der Waals surface area contributed by atoms with Crippen LogP contribution in [-0.2, 0) is 0 Å². The van der Waals surface area contributed by atoms with Gasteiger partial charge in [-0.2, -0.15) is 0 Å². The van der Waals surface area contributed by atoms with Gasteiger partial charge in [-0.1, -0.05) is 24.9 Å². The average molecular weight is 215 g/mol. The van der Waals surface area contributed by atoms with Crippen molar-refractivity contribution in [1.29, 1.82) is 0 Å². The Labute approximate surface area is 87.9 Å². The lowest BCUT2D eigenvalue weighted by Gasteiger charge is -2.02. The predicted molar refractivity (Wildman–Crippen MR) is 55.3 cm³/mol. The van der Waals surface area contributed by atoms with Crippen molar-refractivity contribution in [3.8, 4) is 0 Å². The Kier molecular flexibility index (Phi) is 4.08. The minimum absolute atomic E-state index is 0.0867. The number of Topliss-reactive ketones (excluding diaryl/α,β-unsaturated/α-hetero) is 1. The third kappa shape index (κ3) is 2.81. The van der Waals surface area contributed by atoms with Gasteiger partial charge in [0.25, 0.3) is 0 Å². The lowest BCUT2D eigenvalue weighted by atomic mass is 10.1. The van der Waals surface area contributed by atoms with Crippen molar-refractivity contribution >= 4 is 17.4 Å². The second-order valence-corrected chi connectivity index (χ2v) is 3.56. The molecule has 1 nitrogen and oxygen atoms in total. The highest BCUT2D eigenvalue weighted by Crippen LogP contribution is 2.19. The van der Waals surface area contributed by atoms with Crippen LogP contribution in [0.2, 0.25) is 5.02 Å². The molecular weight excluding hydrogens is 203 g/mol. The van der Waals surface area contributed by atoms with E-state index in [4.69, 9.17) is 11.6 Å². The molecule has 0 aromatic heterocycles. The Hall–Kier alpha value is -0.890. The maximum absolute atomic E-state index is 12.8. The summed E-state index contributed by atoms with van der Waals surface area (Å²) in [5, 5.41) is 0.326. The Bertz CT molecular complexity index is 336. The molecule has 0 heterocycles. The van der Waals surface area contributed by atoms with Gasteiger partial charge in [0.15, 0.2) is 5.78 Å². The molecule has 0 aliphatic rings. The summed E-state index contributed by atoms with van der Waals surface area (Å²) in [7, 11) is 0. The summed E-state index contributed by atoms with van der Waals surface area (Å²) in [6, 6.07) is 3.86. The molecule has 0 aliphatic carbocycles. The van der Waals surface area contributed by atoms with E-state index in [1.54, 1.807) is 0 Å². The van der Waals surface area contributed by atoms with Gasteiger partial charge in [-0.3, -0.25) is 4.79 Å². The first kappa shape index (κ1) is 11.2. The first-order valence-corrected chi connectivity index (χ1v) is 5.01. The highest BCUT2D eigenvalue weighted by Gasteiger charge is 2.10. The first-order valence-electron chi connectivity index (χ1n) is 4.63. The predicted octanol–water partition coefficient (Wildman–Crippen LogP) is 3.85. The first-order chi connectivity index (χ1) is 6.65. The summed E-state index contributed by atoms with van der Waals surface area (Å²) in [6.45, 7) is 2.00. The molecule has 0 aliphatic heterocycles. The number of rotatable bonds is 4. The van der Waals surface area contributed by atoms with E-state index in [9.17, 15) is 9.18 Å². The van der Waals surface area contributed by atoms with Gasteiger partial charge in [-0.05, 0) is 24.6 Å². The summed E-state index contributed by atoms with van der Waals surface area (Å²) < 4.78 is 12.8. The molecule has 14 heavy (non-hydrogen) atoms. The molecule has 0 saturated heterocycles. The normalized spacial score (nSPS) is 10.2. The summed E-state index contributed by atoms with van der Waals surface area (Å²) in [6.07, 6.45) is 2.18. The van der Waals surface area contributed by atoms with E-state index < -0.39 is 5.82 Å². The lowest BCUT2D eigenvalue weighted by molar-refractivity contribution is 0.0979. The average Bonchev–Trinajstić information content (AvgIpc) is 2.18. The molecule has 0 atom stereocenters. The maximum Gasteiger partial charge on any atom is 0.164 e. The highest BCUT2D eigenvalue weighted by molar-refractivity contribution is 6.33. The summed E-state index contributed by atoms with van der Waals surface area (Å²) in [5.41, 5.74) is 0.292. The van der Waals surface area contributed by atoms with E-state index in [1.807, 2.05) is 6.92 Å². The summed E-state index contributed by atoms with van der Waals surface area (Å²) >= 11 is 5.78. The molecule has 0 amide bonds. The van der Waals surface area contributed by atoms with Gasteiger partial charge in [0.2, 0.25) is 0 Å². The molecule has 0 bridgehead atoms. The van der Waals surface area contributed by atoms with E-state index in [-0.39, 0.29) is 5.78 Å². The lowest BCUT2D eigenvalue weighted by Crippen LogP contribution is -2.00. The van der Waals surface area contributed by atoms with Gasteiger partial charge >= 0.3 is 0 Å². The van der Waals surface area contributed by atoms with Gasteiger partial charge in [0.05, 0.1) is 5.02 Å². The number of hydrogen-bond donors (Lipinski definition) is 0. The standard InChI is InChI=1S/C11H12ClFO/c1-2-3-4-11(14)9-7-8(13)5-6-10(9)12/h5-7H,2-4H2,1H3. The smallest absolute Gasteiger partial charge is 0.164 e. The minimum atomic E-state index is -0.422. The zero-order chi connectivity index (χ0) is 10.6. The van der Waals surface area contributed by atoms with Crippen LogP contribution < -0.4 is 0 Å². The van der Waals surface area contributed by atoms with Crippen molar-refractivity contribution in [2.45, 2.75) is 26.2 Å². The number of unbranched alkanes of at least 4 members (excludes halogenated alkanes) is 1. The van der Waals surface area contributed by atoms with E-state index in [0.717, 1.165) is 12.8 Å². The van der Waals surface area contributed by atoms with Gasteiger partial charge in [-0.25, -0.2) is 4.39 Å². The third-order valence-corrected chi connectivity index (χ3v) is 2.32. The number of hydrogen-bond acceptors (Lipinski definition) is 1. The van der Waals surface area contributed by atoms with Crippen LogP contribution in [-0.4, -0.2) is 5.78 Å². The Balaban J connectivity index is 2.83. The Morgan fingerprint density at radius 3 is 2.86 bits per heavy atom. The quantitative estimate of drug-likeness (QED) is 0.696. The number of halogens is 2. The minimum Gasteiger partial charge on any atom is -0.294 e. The van der Waals surface area contributed by atoms with Gasteiger partial charge in [0, 0.05) is 12.0 Å². The molecule has 0 radical (unpaired) electrons. The van der Waals surface area contributed by atoms with Crippen LogP contribution in [0.5, 0.6) is 0 Å². The van der Waals surface area contributed by atoms with Crippen molar-refractivity contribution < 1.29 is 9.18 Å². The third-order valence-electron chi connectivity index (χ3n) is 1.99. The van der Waals surface area contributed by atoms with Crippen LogP contribution in [0.15, 0.2) is 18.2 Å².